The largest absolute Gasteiger partial charge is 0.382 e. The van der Waals surface area contributed by atoms with Gasteiger partial charge in [0.2, 0.25) is 0 Å². The Morgan fingerprint density at radius 1 is 0.850 bits per heavy atom. The van der Waals surface area contributed by atoms with Gasteiger partial charge >= 0.3 is 0 Å². The summed E-state index contributed by atoms with van der Waals surface area (Å²) in [6.07, 6.45) is 1.56. The van der Waals surface area contributed by atoms with E-state index in [4.69, 9.17) is 17.3 Å². The van der Waals surface area contributed by atoms with Crippen LogP contribution in [-0.4, -0.2) is 9.97 Å². The van der Waals surface area contributed by atoms with Crippen molar-refractivity contribution in [3.63, 3.8) is 0 Å². The van der Waals surface area contributed by atoms with Crippen LogP contribution in [0.25, 0.3) is 22.5 Å². The lowest BCUT2D eigenvalue weighted by Crippen LogP contribution is -1.98. The Hall–Kier alpha value is -2.39. The molecule has 3 rings (SSSR count). The zero-order valence-corrected chi connectivity index (χ0v) is 11.4. The molecule has 0 radical (unpaired) electrons. The summed E-state index contributed by atoms with van der Waals surface area (Å²) in [4.78, 5) is 8.84. The summed E-state index contributed by atoms with van der Waals surface area (Å²) in [5, 5.41) is 0.667. The van der Waals surface area contributed by atoms with Gasteiger partial charge in [0, 0.05) is 16.1 Å². The van der Waals surface area contributed by atoms with Crippen molar-refractivity contribution in [2.24, 2.45) is 0 Å². The Kier molecular flexibility index (Phi) is 3.35. The highest BCUT2D eigenvalue weighted by atomic mass is 35.5. The molecule has 20 heavy (non-hydrogen) atoms. The number of anilines is 1. The van der Waals surface area contributed by atoms with Crippen LogP contribution in [0.15, 0.2) is 60.8 Å². The van der Waals surface area contributed by atoms with E-state index in [1.807, 2.05) is 54.6 Å². The van der Waals surface area contributed by atoms with Crippen LogP contribution in [-0.2, 0) is 0 Å². The fourth-order valence-corrected chi connectivity index (χ4v) is 2.24. The molecule has 0 saturated heterocycles. The fraction of sp³-hybridized carbons (Fsp3) is 0. The van der Waals surface area contributed by atoms with Gasteiger partial charge in [-0.2, -0.15) is 0 Å². The first-order chi connectivity index (χ1) is 9.74. The van der Waals surface area contributed by atoms with E-state index in [-0.39, 0.29) is 0 Å². The number of nitrogens with two attached hydrogens (primary N) is 1. The molecular weight excluding hydrogens is 270 g/mol. The van der Waals surface area contributed by atoms with Crippen molar-refractivity contribution >= 4 is 17.4 Å². The third-order valence-electron chi connectivity index (χ3n) is 2.94. The Balaban J connectivity index is 2.22. The smallest absolute Gasteiger partial charge is 0.142 e. The molecule has 0 fully saturated rings. The second-order valence-electron chi connectivity index (χ2n) is 4.37. The van der Waals surface area contributed by atoms with Gasteiger partial charge in [0.1, 0.15) is 5.82 Å². The standard InChI is InChI=1S/C16H12ClN3/c17-13-8-4-7-12(9-13)15-16(20-14(18)10-19-15)11-5-2-1-3-6-11/h1-10H,(H2,18,20). The molecule has 2 N–H and O–H groups in total. The molecule has 0 bridgehead atoms. The normalized spacial score (nSPS) is 10.4. The minimum atomic E-state index is 0.398. The summed E-state index contributed by atoms with van der Waals surface area (Å²) < 4.78 is 0. The third-order valence-corrected chi connectivity index (χ3v) is 3.17. The fourth-order valence-electron chi connectivity index (χ4n) is 2.05. The summed E-state index contributed by atoms with van der Waals surface area (Å²) in [7, 11) is 0. The lowest BCUT2D eigenvalue weighted by molar-refractivity contribution is 1.22. The molecular formula is C16H12ClN3. The first kappa shape index (κ1) is 12.6. The van der Waals surface area contributed by atoms with Crippen LogP contribution in [0.3, 0.4) is 0 Å². The molecule has 0 spiro atoms. The van der Waals surface area contributed by atoms with E-state index in [0.29, 0.717) is 10.8 Å². The van der Waals surface area contributed by atoms with Gasteiger partial charge in [-0.25, -0.2) is 4.98 Å². The van der Waals surface area contributed by atoms with Gasteiger partial charge in [-0.05, 0) is 12.1 Å². The van der Waals surface area contributed by atoms with Crippen LogP contribution >= 0.6 is 11.6 Å². The monoisotopic (exact) mass is 281 g/mol. The Morgan fingerprint density at radius 3 is 2.35 bits per heavy atom. The average Bonchev–Trinajstić information content (AvgIpc) is 2.48. The molecule has 4 heteroatoms. The number of hydrogen-bond donors (Lipinski definition) is 1. The minimum absolute atomic E-state index is 0.398. The van der Waals surface area contributed by atoms with Crippen LogP contribution in [0.1, 0.15) is 0 Å². The highest BCUT2D eigenvalue weighted by Crippen LogP contribution is 2.30. The average molecular weight is 282 g/mol. The summed E-state index contributed by atoms with van der Waals surface area (Å²) in [5.74, 6) is 0.398. The van der Waals surface area contributed by atoms with Crippen molar-refractivity contribution in [3.8, 4) is 22.5 Å². The number of halogens is 1. The van der Waals surface area contributed by atoms with Crippen LogP contribution < -0.4 is 5.73 Å². The summed E-state index contributed by atoms with van der Waals surface area (Å²) in [5.41, 5.74) is 9.20. The van der Waals surface area contributed by atoms with Gasteiger partial charge in [0.25, 0.3) is 0 Å². The van der Waals surface area contributed by atoms with E-state index in [2.05, 4.69) is 9.97 Å². The number of rotatable bonds is 2. The van der Waals surface area contributed by atoms with E-state index >= 15 is 0 Å². The molecule has 0 aliphatic heterocycles. The molecule has 0 amide bonds. The zero-order valence-electron chi connectivity index (χ0n) is 10.6. The number of aromatic nitrogens is 2. The maximum atomic E-state index is 6.05. The molecule has 1 aromatic heterocycles. The Bertz CT molecular complexity index is 742. The van der Waals surface area contributed by atoms with Gasteiger partial charge in [0.15, 0.2) is 0 Å². The summed E-state index contributed by atoms with van der Waals surface area (Å²) in [6.45, 7) is 0. The molecule has 3 nitrogen and oxygen atoms in total. The van der Waals surface area contributed by atoms with Crippen molar-refractivity contribution in [2.45, 2.75) is 0 Å². The Morgan fingerprint density at radius 2 is 1.60 bits per heavy atom. The van der Waals surface area contributed by atoms with Crippen molar-refractivity contribution in [2.75, 3.05) is 5.73 Å². The first-order valence-corrected chi connectivity index (χ1v) is 6.56. The molecule has 0 atom stereocenters. The van der Waals surface area contributed by atoms with Crippen molar-refractivity contribution in [1.29, 1.82) is 0 Å². The van der Waals surface area contributed by atoms with Gasteiger partial charge in [-0.3, -0.25) is 4.98 Å². The molecule has 0 saturated carbocycles. The van der Waals surface area contributed by atoms with Gasteiger partial charge in [0.05, 0.1) is 17.6 Å². The predicted octanol–water partition coefficient (Wildman–Crippen LogP) is 4.05. The third kappa shape index (κ3) is 2.49. The van der Waals surface area contributed by atoms with Crippen LogP contribution in [0.4, 0.5) is 5.82 Å². The van der Waals surface area contributed by atoms with E-state index in [9.17, 15) is 0 Å². The minimum Gasteiger partial charge on any atom is -0.382 e. The molecule has 1 heterocycles. The SMILES string of the molecule is Nc1cnc(-c2cccc(Cl)c2)c(-c2ccccc2)n1. The predicted molar refractivity (Wildman–Crippen MR) is 82.3 cm³/mol. The van der Waals surface area contributed by atoms with E-state index < -0.39 is 0 Å². The quantitative estimate of drug-likeness (QED) is 0.771. The Labute approximate surface area is 122 Å². The maximum absolute atomic E-state index is 6.05. The number of nitrogen functional groups attached to an aromatic ring is 1. The molecule has 98 valence electrons. The van der Waals surface area contributed by atoms with Crippen molar-refractivity contribution < 1.29 is 0 Å². The number of hydrogen-bond acceptors (Lipinski definition) is 3. The first-order valence-electron chi connectivity index (χ1n) is 6.18. The van der Waals surface area contributed by atoms with Gasteiger partial charge < -0.3 is 5.73 Å². The van der Waals surface area contributed by atoms with E-state index in [1.165, 1.54) is 0 Å². The lowest BCUT2D eigenvalue weighted by atomic mass is 10.0. The molecule has 0 unspecified atom stereocenters. The van der Waals surface area contributed by atoms with E-state index in [1.54, 1.807) is 6.20 Å². The maximum Gasteiger partial charge on any atom is 0.142 e. The summed E-state index contributed by atoms with van der Waals surface area (Å²) >= 11 is 6.05. The molecule has 3 aromatic rings. The second-order valence-corrected chi connectivity index (χ2v) is 4.80. The highest BCUT2D eigenvalue weighted by Gasteiger charge is 2.11. The van der Waals surface area contributed by atoms with Crippen LogP contribution in [0.5, 0.6) is 0 Å². The van der Waals surface area contributed by atoms with Gasteiger partial charge in [-0.15, -0.1) is 0 Å². The molecule has 0 aliphatic rings. The van der Waals surface area contributed by atoms with E-state index in [0.717, 1.165) is 22.5 Å². The van der Waals surface area contributed by atoms with Crippen molar-refractivity contribution in [3.05, 3.63) is 65.8 Å². The van der Waals surface area contributed by atoms with Gasteiger partial charge in [-0.1, -0.05) is 54.1 Å². The highest BCUT2D eigenvalue weighted by molar-refractivity contribution is 6.30. The summed E-state index contributed by atoms with van der Waals surface area (Å²) in [6, 6.07) is 17.4. The number of nitrogens with zero attached hydrogens (tertiary/aromatic N) is 2. The second kappa shape index (κ2) is 5.31. The zero-order chi connectivity index (χ0) is 13.9. The topological polar surface area (TPSA) is 51.8 Å². The molecule has 0 aliphatic carbocycles. The van der Waals surface area contributed by atoms with Crippen molar-refractivity contribution in [1.82, 2.24) is 9.97 Å². The van der Waals surface area contributed by atoms with Crippen LogP contribution in [0.2, 0.25) is 5.02 Å². The lowest BCUT2D eigenvalue weighted by Gasteiger charge is -2.09. The molecule has 2 aromatic carbocycles. The number of benzene rings is 2. The van der Waals surface area contributed by atoms with Crippen LogP contribution in [0, 0.1) is 0 Å².